The van der Waals surface area contributed by atoms with Gasteiger partial charge in [0.1, 0.15) is 11.1 Å². The zero-order valence-corrected chi connectivity index (χ0v) is 8.84. The SMILES string of the molecule is N#Cc1c(NS)sc2c1CCCC2. The van der Waals surface area contributed by atoms with Gasteiger partial charge in [-0.3, -0.25) is 0 Å². The summed E-state index contributed by atoms with van der Waals surface area (Å²) in [4.78, 5) is 1.37. The van der Waals surface area contributed by atoms with Gasteiger partial charge in [0.15, 0.2) is 0 Å². The summed E-state index contributed by atoms with van der Waals surface area (Å²) in [6.07, 6.45) is 4.66. The van der Waals surface area contributed by atoms with Gasteiger partial charge in [-0.25, -0.2) is 0 Å². The number of anilines is 1. The van der Waals surface area contributed by atoms with Gasteiger partial charge in [-0.2, -0.15) is 5.26 Å². The van der Waals surface area contributed by atoms with Crippen molar-refractivity contribution in [2.75, 3.05) is 4.72 Å². The Labute approximate surface area is 87.1 Å². The Bertz CT molecular complexity index is 362. The molecule has 4 heteroatoms. The summed E-state index contributed by atoms with van der Waals surface area (Å²) in [6.45, 7) is 0. The third-order valence-corrected chi connectivity index (χ3v) is 3.97. The number of rotatable bonds is 1. The second kappa shape index (κ2) is 3.60. The highest BCUT2D eigenvalue weighted by Gasteiger charge is 2.19. The Morgan fingerprint density at radius 2 is 2.15 bits per heavy atom. The lowest BCUT2D eigenvalue weighted by atomic mass is 9.96. The van der Waals surface area contributed by atoms with Crippen molar-refractivity contribution in [2.24, 2.45) is 0 Å². The summed E-state index contributed by atoms with van der Waals surface area (Å²) < 4.78 is 2.79. The number of nitrogens with one attached hydrogen (secondary N) is 1. The van der Waals surface area contributed by atoms with Crippen molar-refractivity contribution in [2.45, 2.75) is 25.7 Å². The van der Waals surface area contributed by atoms with Gasteiger partial charge in [0.2, 0.25) is 0 Å². The van der Waals surface area contributed by atoms with Crippen LogP contribution in [-0.4, -0.2) is 0 Å². The first-order valence-electron chi connectivity index (χ1n) is 4.31. The third-order valence-electron chi connectivity index (χ3n) is 2.38. The summed E-state index contributed by atoms with van der Waals surface area (Å²) in [6, 6.07) is 2.25. The van der Waals surface area contributed by atoms with E-state index >= 15 is 0 Å². The fourth-order valence-electron chi connectivity index (χ4n) is 1.76. The maximum Gasteiger partial charge on any atom is 0.117 e. The van der Waals surface area contributed by atoms with Gasteiger partial charge in [0, 0.05) is 4.88 Å². The number of aryl methyl sites for hydroxylation is 1. The number of hydrogen-bond donors (Lipinski definition) is 2. The van der Waals surface area contributed by atoms with Crippen LogP contribution in [0.1, 0.15) is 28.8 Å². The molecule has 2 nitrogen and oxygen atoms in total. The van der Waals surface area contributed by atoms with E-state index in [9.17, 15) is 0 Å². The smallest absolute Gasteiger partial charge is 0.117 e. The second-order valence-electron chi connectivity index (χ2n) is 3.14. The van der Waals surface area contributed by atoms with Gasteiger partial charge in [-0.1, -0.05) is 12.8 Å². The highest BCUT2D eigenvalue weighted by Crippen LogP contribution is 2.37. The van der Waals surface area contributed by atoms with Gasteiger partial charge in [-0.05, 0) is 31.2 Å². The largest absolute Gasteiger partial charge is 0.323 e. The fraction of sp³-hybridized carbons (Fsp3) is 0.444. The van der Waals surface area contributed by atoms with E-state index in [2.05, 4.69) is 23.6 Å². The van der Waals surface area contributed by atoms with Gasteiger partial charge >= 0.3 is 0 Å². The van der Waals surface area contributed by atoms with Gasteiger partial charge in [-0.15, -0.1) is 11.3 Å². The van der Waals surface area contributed by atoms with E-state index in [1.807, 2.05) is 0 Å². The quantitative estimate of drug-likeness (QED) is 0.699. The number of fused-ring (bicyclic) bond motifs is 1. The Morgan fingerprint density at radius 1 is 1.38 bits per heavy atom. The molecule has 68 valence electrons. The van der Waals surface area contributed by atoms with Crippen LogP contribution in [0.2, 0.25) is 0 Å². The lowest BCUT2D eigenvalue weighted by Crippen LogP contribution is -1.99. The zero-order chi connectivity index (χ0) is 9.26. The van der Waals surface area contributed by atoms with Crippen molar-refractivity contribution in [3.05, 3.63) is 16.0 Å². The normalized spacial score (nSPS) is 14.8. The van der Waals surface area contributed by atoms with Crippen LogP contribution in [0.5, 0.6) is 0 Å². The van der Waals surface area contributed by atoms with E-state index in [4.69, 9.17) is 5.26 Å². The lowest BCUT2D eigenvalue weighted by molar-refractivity contribution is 0.696. The molecule has 0 amide bonds. The number of thiophene rings is 1. The Balaban J connectivity index is 2.52. The monoisotopic (exact) mass is 210 g/mol. The van der Waals surface area contributed by atoms with Gasteiger partial charge in [0.05, 0.1) is 5.56 Å². The Kier molecular flexibility index (Phi) is 2.47. The van der Waals surface area contributed by atoms with Crippen LogP contribution in [0.3, 0.4) is 0 Å². The number of nitriles is 1. The Morgan fingerprint density at radius 3 is 2.85 bits per heavy atom. The molecule has 0 fully saturated rings. The topological polar surface area (TPSA) is 35.8 Å². The number of thiol groups is 1. The molecule has 0 bridgehead atoms. The van der Waals surface area contributed by atoms with Crippen LogP contribution in [-0.2, 0) is 12.8 Å². The predicted octanol–water partition coefficient (Wildman–Crippen LogP) is 2.76. The summed E-state index contributed by atoms with van der Waals surface area (Å²) in [5, 5.41) is 9.89. The standard InChI is InChI=1S/C9H10N2S2/c10-5-7-6-3-1-2-4-8(6)13-9(7)11-12/h11-12H,1-4H2. The molecule has 0 spiro atoms. The summed E-state index contributed by atoms with van der Waals surface area (Å²) >= 11 is 5.68. The molecule has 0 saturated heterocycles. The van der Waals surface area contributed by atoms with Crippen LogP contribution in [0.25, 0.3) is 0 Å². The molecular formula is C9H10N2S2. The van der Waals surface area contributed by atoms with E-state index in [1.165, 1.54) is 23.3 Å². The molecule has 1 aromatic heterocycles. The fourth-order valence-corrected chi connectivity index (χ4v) is 3.15. The minimum absolute atomic E-state index is 0.815. The molecule has 1 aromatic rings. The highest BCUT2D eigenvalue weighted by molar-refractivity contribution is 7.82. The summed E-state index contributed by atoms with van der Waals surface area (Å²) in [5.74, 6) is 0. The molecule has 13 heavy (non-hydrogen) atoms. The number of nitrogens with zero attached hydrogens (tertiary/aromatic N) is 1. The average molecular weight is 210 g/mol. The molecular weight excluding hydrogens is 200 g/mol. The van der Waals surface area contributed by atoms with Crippen molar-refractivity contribution in [1.29, 1.82) is 5.26 Å². The molecule has 0 radical (unpaired) electrons. The minimum Gasteiger partial charge on any atom is -0.323 e. The van der Waals surface area contributed by atoms with Crippen LogP contribution in [0.4, 0.5) is 5.00 Å². The van der Waals surface area contributed by atoms with Gasteiger partial charge < -0.3 is 4.72 Å². The molecule has 1 N–H and O–H groups in total. The molecule has 1 heterocycles. The first kappa shape index (κ1) is 8.92. The van der Waals surface area contributed by atoms with Crippen molar-refractivity contribution < 1.29 is 0 Å². The molecule has 0 aromatic carbocycles. The first-order chi connectivity index (χ1) is 6.36. The molecule has 0 aliphatic heterocycles. The molecule has 0 saturated carbocycles. The van der Waals surface area contributed by atoms with Crippen LogP contribution < -0.4 is 4.72 Å². The second-order valence-corrected chi connectivity index (χ2v) is 4.47. The molecule has 0 atom stereocenters. The van der Waals surface area contributed by atoms with Crippen LogP contribution in [0.15, 0.2) is 0 Å². The van der Waals surface area contributed by atoms with E-state index in [0.717, 1.165) is 23.4 Å². The van der Waals surface area contributed by atoms with Crippen molar-refractivity contribution in [1.82, 2.24) is 0 Å². The first-order valence-corrected chi connectivity index (χ1v) is 5.58. The molecule has 0 unspecified atom stereocenters. The van der Waals surface area contributed by atoms with E-state index in [0.29, 0.717) is 0 Å². The lowest BCUT2D eigenvalue weighted by Gasteiger charge is -2.09. The van der Waals surface area contributed by atoms with Crippen LogP contribution in [0, 0.1) is 11.3 Å². The number of hydrogen-bond acceptors (Lipinski definition) is 4. The third kappa shape index (κ3) is 1.43. The maximum atomic E-state index is 8.98. The van der Waals surface area contributed by atoms with E-state index in [1.54, 1.807) is 11.3 Å². The van der Waals surface area contributed by atoms with Gasteiger partial charge in [0.25, 0.3) is 0 Å². The van der Waals surface area contributed by atoms with E-state index in [-0.39, 0.29) is 0 Å². The molecule has 2 rings (SSSR count). The summed E-state index contributed by atoms with van der Waals surface area (Å²) in [7, 11) is 0. The van der Waals surface area contributed by atoms with Crippen molar-refractivity contribution >= 4 is 29.2 Å². The van der Waals surface area contributed by atoms with Crippen molar-refractivity contribution in [3.63, 3.8) is 0 Å². The van der Waals surface area contributed by atoms with Crippen molar-refractivity contribution in [3.8, 4) is 6.07 Å². The summed E-state index contributed by atoms with van der Waals surface area (Å²) in [5.41, 5.74) is 2.07. The average Bonchev–Trinajstić information content (AvgIpc) is 2.55. The minimum atomic E-state index is 0.815. The molecule has 1 aliphatic rings. The Hall–Kier alpha value is -0.660. The zero-order valence-electron chi connectivity index (χ0n) is 7.13. The van der Waals surface area contributed by atoms with Crippen LogP contribution >= 0.6 is 24.2 Å². The predicted molar refractivity (Wildman–Crippen MR) is 58.3 cm³/mol. The maximum absolute atomic E-state index is 8.98. The highest BCUT2D eigenvalue weighted by atomic mass is 32.1. The van der Waals surface area contributed by atoms with E-state index < -0.39 is 0 Å². The molecule has 1 aliphatic carbocycles.